The van der Waals surface area contributed by atoms with Crippen LogP contribution >= 0.6 is 0 Å². The molecule has 0 heterocycles. The van der Waals surface area contributed by atoms with Crippen LogP contribution in [0.3, 0.4) is 0 Å². The fraction of sp³-hybridized carbons (Fsp3) is 0.647. The van der Waals surface area contributed by atoms with Gasteiger partial charge >= 0.3 is 0 Å². The number of phenols is 1. The lowest BCUT2D eigenvalue weighted by molar-refractivity contribution is 0.162. The fourth-order valence-electron chi connectivity index (χ4n) is 3.40. The Labute approximate surface area is 127 Å². The Kier molecular flexibility index (Phi) is 5.88. The predicted octanol–water partition coefficient (Wildman–Crippen LogP) is 2.74. The summed E-state index contributed by atoms with van der Waals surface area (Å²) in [7, 11) is 0. The topological polar surface area (TPSA) is 58.7 Å². The van der Waals surface area contributed by atoms with E-state index in [0.29, 0.717) is 24.3 Å². The van der Waals surface area contributed by atoms with Crippen LogP contribution in [0.15, 0.2) is 18.2 Å². The van der Waals surface area contributed by atoms with Crippen molar-refractivity contribution in [3.05, 3.63) is 23.8 Å². The van der Waals surface area contributed by atoms with Crippen LogP contribution in [0.25, 0.3) is 0 Å². The Morgan fingerprint density at radius 2 is 2.14 bits per heavy atom. The van der Waals surface area contributed by atoms with Crippen molar-refractivity contribution in [2.75, 3.05) is 19.7 Å². The normalized spacial score (nSPS) is 21.9. The molecular weight excluding hydrogens is 264 g/mol. The number of benzene rings is 1. The number of hydrogen-bond acceptors (Lipinski definition) is 4. The SMILES string of the molecule is CCOc1cc(CN(CC)C2CCCC2CN)ccc1O. The standard InChI is InChI=1S/C17H28N2O2/c1-3-19(15-7-5-6-14(15)11-18)12-13-8-9-16(20)17(10-13)21-4-2/h8-10,14-15,20H,3-7,11-12,18H2,1-2H3. The van der Waals surface area contributed by atoms with Crippen molar-refractivity contribution >= 4 is 0 Å². The van der Waals surface area contributed by atoms with Crippen molar-refractivity contribution in [1.29, 1.82) is 0 Å². The first-order valence-electron chi connectivity index (χ1n) is 8.08. The summed E-state index contributed by atoms with van der Waals surface area (Å²) in [5.74, 6) is 1.41. The van der Waals surface area contributed by atoms with E-state index in [4.69, 9.17) is 10.5 Å². The van der Waals surface area contributed by atoms with Crippen LogP contribution in [0, 0.1) is 5.92 Å². The second-order valence-corrected chi connectivity index (χ2v) is 5.79. The van der Waals surface area contributed by atoms with Crippen molar-refractivity contribution in [2.24, 2.45) is 11.7 Å². The van der Waals surface area contributed by atoms with E-state index in [1.54, 1.807) is 6.07 Å². The third kappa shape index (κ3) is 3.89. The fourth-order valence-corrected chi connectivity index (χ4v) is 3.40. The molecule has 0 amide bonds. The third-order valence-corrected chi connectivity index (χ3v) is 4.51. The van der Waals surface area contributed by atoms with Gasteiger partial charge in [-0.3, -0.25) is 4.90 Å². The van der Waals surface area contributed by atoms with Crippen molar-refractivity contribution in [2.45, 2.75) is 45.7 Å². The van der Waals surface area contributed by atoms with E-state index >= 15 is 0 Å². The summed E-state index contributed by atoms with van der Waals surface area (Å²) in [6, 6.07) is 6.24. The molecule has 118 valence electrons. The van der Waals surface area contributed by atoms with Crippen molar-refractivity contribution in [1.82, 2.24) is 4.90 Å². The highest BCUT2D eigenvalue weighted by molar-refractivity contribution is 5.41. The van der Waals surface area contributed by atoms with Gasteiger partial charge in [0.05, 0.1) is 6.61 Å². The molecule has 1 aromatic rings. The second-order valence-electron chi connectivity index (χ2n) is 5.79. The van der Waals surface area contributed by atoms with E-state index < -0.39 is 0 Å². The van der Waals surface area contributed by atoms with Crippen LogP contribution in [0.1, 0.15) is 38.7 Å². The Morgan fingerprint density at radius 3 is 2.81 bits per heavy atom. The molecule has 2 rings (SSSR count). The molecule has 1 aromatic carbocycles. The number of ether oxygens (including phenoxy) is 1. The van der Waals surface area contributed by atoms with Crippen molar-refractivity contribution in [3.63, 3.8) is 0 Å². The molecule has 1 fully saturated rings. The maximum absolute atomic E-state index is 9.79. The number of nitrogens with two attached hydrogens (primary N) is 1. The quantitative estimate of drug-likeness (QED) is 0.811. The summed E-state index contributed by atoms with van der Waals surface area (Å²) in [5.41, 5.74) is 7.10. The smallest absolute Gasteiger partial charge is 0.161 e. The summed E-state index contributed by atoms with van der Waals surface area (Å²) in [6.45, 7) is 7.38. The molecule has 1 saturated carbocycles. The Balaban J connectivity index is 2.09. The monoisotopic (exact) mass is 292 g/mol. The maximum atomic E-state index is 9.79. The molecule has 2 unspecified atom stereocenters. The van der Waals surface area contributed by atoms with Gasteiger partial charge in [-0.1, -0.05) is 19.4 Å². The number of nitrogens with zero attached hydrogens (tertiary/aromatic N) is 1. The van der Waals surface area contributed by atoms with Gasteiger partial charge in [0.1, 0.15) is 0 Å². The minimum atomic E-state index is 0.212. The first kappa shape index (κ1) is 16.1. The summed E-state index contributed by atoms with van der Waals surface area (Å²) in [4.78, 5) is 2.51. The molecule has 4 heteroatoms. The van der Waals surface area contributed by atoms with Crippen LogP contribution in [-0.4, -0.2) is 35.7 Å². The van der Waals surface area contributed by atoms with Gasteiger partial charge in [0.15, 0.2) is 11.5 Å². The Morgan fingerprint density at radius 1 is 1.33 bits per heavy atom. The highest BCUT2D eigenvalue weighted by Gasteiger charge is 2.30. The highest BCUT2D eigenvalue weighted by atomic mass is 16.5. The van der Waals surface area contributed by atoms with Crippen LogP contribution in [-0.2, 0) is 6.54 Å². The lowest BCUT2D eigenvalue weighted by atomic mass is 10.0. The van der Waals surface area contributed by atoms with Crippen LogP contribution in [0.2, 0.25) is 0 Å². The minimum Gasteiger partial charge on any atom is -0.504 e. The molecule has 2 atom stereocenters. The molecule has 21 heavy (non-hydrogen) atoms. The minimum absolute atomic E-state index is 0.212. The molecule has 0 aliphatic heterocycles. The van der Waals surface area contributed by atoms with Gasteiger partial charge in [-0.15, -0.1) is 0 Å². The van der Waals surface area contributed by atoms with E-state index in [1.165, 1.54) is 24.8 Å². The summed E-state index contributed by atoms with van der Waals surface area (Å²) < 4.78 is 5.47. The second kappa shape index (κ2) is 7.66. The van der Waals surface area contributed by atoms with Gasteiger partial charge in [0, 0.05) is 12.6 Å². The molecule has 0 radical (unpaired) electrons. The molecule has 0 saturated heterocycles. The maximum Gasteiger partial charge on any atom is 0.161 e. The Hall–Kier alpha value is -1.26. The first-order chi connectivity index (χ1) is 10.2. The molecule has 0 aromatic heterocycles. The molecule has 0 bridgehead atoms. The molecule has 0 spiro atoms. The predicted molar refractivity (Wildman–Crippen MR) is 85.5 cm³/mol. The summed E-state index contributed by atoms with van der Waals surface area (Å²) >= 11 is 0. The summed E-state index contributed by atoms with van der Waals surface area (Å²) in [5, 5.41) is 9.79. The zero-order valence-electron chi connectivity index (χ0n) is 13.2. The largest absolute Gasteiger partial charge is 0.504 e. The van der Waals surface area contributed by atoms with Crippen LogP contribution in [0.5, 0.6) is 11.5 Å². The lowest BCUT2D eigenvalue weighted by Gasteiger charge is -2.32. The molecule has 1 aliphatic carbocycles. The van der Waals surface area contributed by atoms with E-state index in [1.807, 2.05) is 19.1 Å². The van der Waals surface area contributed by atoms with E-state index in [0.717, 1.165) is 19.6 Å². The van der Waals surface area contributed by atoms with Gasteiger partial charge in [0.2, 0.25) is 0 Å². The zero-order valence-corrected chi connectivity index (χ0v) is 13.2. The number of phenolic OH excluding ortho intramolecular Hbond substituents is 1. The van der Waals surface area contributed by atoms with Crippen LogP contribution < -0.4 is 10.5 Å². The first-order valence-corrected chi connectivity index (χ1v) is 8.08. The van der Waals surface area contributed by atoms with Gasteiger partial charge in [-0.05, 0) is 56.5 Å². The average Bonchev–Trinajstić information content (AvgIpc) is 2.96. The molecule has 4 nitrogen and oxygen atoms in total. The molecule has 3 N–H and O–H groups in total. The zero-order chi connectivity index (χ0) is 15.2. The molecular formula is C17H28N2O2. The van der Waals surface area contributed by atoms with E-state index in [9.17, 15) is 5.11 Å². The number of hydrogen-bond donors (Lipinski definition) is 2. The van der Waals surface area contributed by atoms with Gasteiger partial charge in [-0.25, -0.2) is 0 Å². The number of aromatic hydroxyl groups is 1. The lowest BCUT2D eigenvalue weighted by Crippen LogP contribution is -2.39. The van der Waals surface area contributed by atoms with Gasteiger partial charge < -0.3 is 15.6 Å². The average molecular weight is 292 g/mol. The van der Waals surface area contributed by atoms with Gasteiger partial charge in [0.25, 0.3) is 0 Å². The third-order valence-electron chi connectivity index (χ3n) is 4.51. The number of rotatable bonds is 7. The Bertz CT molecular complexity index is 450. The molecule has 1 aliphatic rings. The van der Waals surface area contributed by atoms with Crippen molar-refractivity contribution in [3.8, 4) is 11.5 Å². The van der Waals surface area contributed by atoms with Crippen molar-refractivity contribution < 1.29 is 9.84 Å². The summed E-state index contributed by atoms with van der Waals surface area (Å²) in [6.07, 6.45) is 3.77. The van der Waals surface area contributed by atoms with Gasteiger partial charge in [-0.2, -0.15) is 0 Å². The van der Waals surface area contributed by atoms with Crippen LogP contribution in [0.4, 0.5) is 0 Å². The van der Waals surface area contributed by atoms with E-state index in [2.05, 4.69) is 11.8 Å². The highest BCUT2D eigenvalue weighted by Crippen LogP contribution is 2.32. The van der Waals surface area contributed by atoms with E-state index in [-0.39, 0.29) is 5.75 Å².